The Kier molecular flexibility index (Phi) is 2.36. The molecule has 5 nitrogen and oxygen atoms in total. The van der Waals surface area contributed by atoms with E-state index in [2.05, 4.69) is 9.97 Å². The fraction of sp³-hybridized carbons (Fsp3) is 0.0909. The minimum absolute atomic E-state index is 0.0727. The summed E-state index contributed by atoms with van der Waals surface area (Å²) in [5.41, 5.74) is 6.85. The SMILES string of the molecule is Cc1cccc(-c2nc(O)c(C(N)=O)[nH]2)c1. The number of aromatic nitrogens is 2. The van der Waals surface area contributed by atoms with Crippen molar-refractivity contribution in [1.29, 1.82) is 0 Å². The molecule has 0 saturated carbocycles. The minimum atomic E-state index is -0.732. The van der Waals surface area contributed by atoms with Gasteiger partial charge < -0.3 is 15.8 Å². The Hall–Kier alpha value is -2.30. The lowest BCUT2D eigenvalue weighted by molar-refractivity contribution is 0.0993. The molecule has 0 saturated heterocycles. The van der Waals surface area contributed by atoms with E-state index in [1.54, 1.807) is 0 Å². The number of benzene rings is 1. The summed E-state index contributed by atoms with van der Waals surface area (Å²) in [6.07, 6.45) is 0. The van der Waals surface area contributed by atoms with E-state index in [-0.39, 0.29) is 11.6 Å². The van der Waals surface area contributed by atoms with Crippen LogP contribution in [0, 0.1) is 6.92 Å². The molecule has 0 aliphatic carbocycles. The van der Waals surface area contributed by atoms with E-state index >= 15 is 0 Å². The molecule has 0 aliphatic rings. The molecule has 82 valence electrons. The molecule has 16 heavy (non-hydrogen) atoms. The highest BCUT2D eigenvalue weighted by Crippen LogP contribution is 2.22. The monoisotopic (exact) mass is 217 g/mol. The zero-order valence-electron chi connectivity index (χ0n) is 8.69. The largest absolute Gasteiger partial charge is 0.492 e. The standard InChI is InChI=1S/C11H11N3O2/c1-6-3-2-4-7(5-6)10-13-8(9(12)15)11(16)14-10/h2-5,16H,1H3,(H2,12,15)(H,13,14). The first kappa shape index (κ1) is 10.2. The van der Waals surface area contributed by atoms with Gasteiger partial charge in [0, 0.05) is 5.56 Å². The van der Waals surface area contributed by atoms with Crippen molar-refractivity contribution in [3.8, 4) is 17.3 Å². The lowest BCUT2D eigenvalue weighted by Crippen LogP contribution is -2.11. The Morgan fingerprint density at radius 3 is 2.81 bits per heavy atom. The van der Waals surface area contributed by atoms with Crippen molar-refractivity contribution in [3.63, 3.8) is 0 Å². The summed E-state index contributed by atoms with van der Waals surface area (Å²) >= 11 is 0. The van der Waals surface area contributed by atoms with Crippen LogP contribution in [0.3, 0.4) is 0 Å². The zero-order chi connectivity index (χ0) is 11.7. The molecule has 0 fully saturated rings. The van der Waals surface area contributed by atoms with Crippen LogP contribution in [0.15, 0.2) is 24.3 Å². The van der Waals surface area contributed by atoms with E-state index in [4.69, 9.17) is 5.73 Å². The van der Waals surface area contributed by atoms with Crippen molar-refractivity contribution in [2.75, 3.05) is 0 Å². The Morgan fingerprint density at radius 1 is 1.50 bits per heavy atom. The van der Waals surface area contributed by atoms with Gasteiger partial charge in [-0.3, -0.25) is 4.79 Å². The smallest absolute Gasteiger partial charge is 0.270 e. The Labute approximate surface area is 91.9 Å². The summed E-state index contributed by atoms with van der Waals surface area (Å²) in [6.45, 7) is 1.95. The average molecular weight is 217 g/mol. The minimum Gasteiger partial charge on any atom is -0.492 e. The first-order chi connectivity index (χ1) is 7.58. The number of nitrogens with zero attached hydrogens (tertiary/aromatic N) is 1. The van der Waals surface area contributed by atoms with Gasteiger partial charge >= 0.3 is 0 Å². The van der Waals surface area contributed by atoms with Crippen LogP contribution in [0.25, 0.3) is 11.4 Å². The summed E-state index contributed by atoms with van der Waals surface area (Å²) in [5.74, 6) is -0.678. The number of aromatic hydroxyl groups is 1. The molecule has 0 bridgehead atoms. The van der Waals surface area contributed by atoms with Gasteiger partial charge in [-0.2, -0.15) is 4.98 Å². The number of hydrogen-bond acceptors (Lipinski definition) is 3. The number of aromatic amines is 1. The lowest BCUT2D eigenvalue weighted by atomic mass is 10.1. The topological polar surface area (TPSA) is 92.0 Å². The number of amides is 1. The molecule has 1 amide bonds. The van der Waals surface area contributed by atoms with E-state index in [1.807, 2.05) is 31.2 Å². The van der Waals surface area contributed by atoms with Gasteiger partial charge in [-0.25, -0.2) is 0 Å². The number of aryl methyl sites for hydroxylation is 1. The molecular weight excluding hydrogens is 206 g/mol. The number of rotatable bonds is 2. The van der Waals surface area contributed by atoms with E-state index < -0.39 is 5.91 Å². The summed E-state index contributed by atoms with van der Waals surface area (Å²) in [6, 6.07) is 7.54. The van der Waals surface area contributed by atoms with Crippen molar-refractivity contribution in [1.82, 2.24) is 9.97 Å². The average Bonchev–Trinajstić information content (AvgIpc) is 2.60. The molecule has 0 atom stereocenters. The number of nitrogens with two attached hydrogens (primary N) is 1. The van der Waals surface area contributed by atoms with Crippen LogP contribution in [0.2, 0.25) is 0 Å². The first-order valence-corrected chi connectivity index (χ1v) is 4.73. The van der Waals surface area contributed by atoms with Crippen LogP contribution >= 0.6 is 0 Å². The molecule has 0 aliphatic heterocycles. The Balaban J connectivity index is 2.49. The van der Waals surface area contributed by atoms with Gasteiger partial charge in [0.05, 0.1) is 0 Å². The van der Waals surface area contributed by atoms with Crippen molar-refractivity contribution < 1.29 is 9.90 Å². The van der Waals surface area contributed by atoms with E-state index in [0.717, 1.165) is 11.1 Å². The maximum Gasteiger partial charge on any atom is 0.270 e. The third-order valence-corrected chi connectivity index (χ3v) is 2.22. The predicted molar refractivity (Wildman–Crippen MR) is 58.9 cm³/mol. The van der Waals surface area contributed by atoms with E-state index in [0.29, 0.717) is 5.82 Å². The van der Waals surface area contributed by atoms with Crippen LogP contribution in [-0.2, 0) is 0 Å². The Bertz CT molecular complexity index is 546. The normalized spacial score (nSPS) is 10.3. The molecule has 1 heterocycles. The molecule has 2 rings (SSSR count). The quantitative estimate of drug-likeness (QED) is 0.705. The highest BCUT2D eigenvalue weighted by atomic mass is 16.3. The van der Waals surface area contributed by atoms with Crippen LogP contribution in [0.1, 0.15) is 16.1 Å². The fourth-order valence-electron chi connectivity index (χ4n) is 1.46. The van der Waals surface area contributed by atoms with Gasteiger partial charge in [-0.05, 0) is 13.0 Å². The molecule has 1 aromatic heterocycles. The zero-order valence-corrected chi connectivity index (χ0v) is 8.69. The number of hydrogen-bond donors (Lipinski definition) is 3. The second-order valence-electron chi connectivity index (χ2n) is 3.52. The van der Waals surface area contributed by atoms with Gasteiger partial charge in [0.25, 0.3) is 5.91 Å². The number of carbonyl (C=O) groups is 1. The van der Waals surface area contributed by atoms with Crippen molar-refractivity contribution in [3.05, 3.63) is 35.5 Å². The number of imidazole rings is 1. The summed E-state index contributed by atoms with van der Waals surface area (Å²) in [7, 11) is 0. The van der Waals surface area contributed by atoms with Gasteiger partial charge in [0.1, 0.15) is 5.82 Å². The summed E-state index contributed by atoms with van der Waals surface area (Å²) < 4.78 is 0. The summed E-state index contributed by atoms with van der Waals surface area (Å²) in [4.78, 5) is 17.5. The molecule has 2 aromatic rings. The number of primary amides is 1. The third-order valence-electron chi connectivity index (χ3n) is 2.22. The van der Waals surface area contributed by atoms with Crippen LogP contribution in [-0.4, -0.2) is 21.0 Å². The number of nitrogens with one attached hydrogen (secondary N) is 1. The maximum atomic E-state index is 10.9. The highest BCUT2D eigenvalue weighted by molar-refractivity contribution is 5.93. The predicted octanol–water partition coefficient (Wildman–Crippen LogP) is 1.19. The van der Waals surface area contributed by atoms with Crippen LogP contribution in [0.5, 0.6) is 5.88 Å². The van der Waals surface area contributed by atoms with Gasteiger partial charge in [0.15, 0.2) is 5.69 Å². The van der Waals surface area contributed by atoms with E-state index in [9.17, 15) is 9.90 Å². The second-order valence-corrected chi connectivity index (χ2v) is 3.52. The van der Waals surface area contributed by atoms with Gasteiger partial charge in [-0.15, -0.1) is 0 Å². The second kappa shape index (κ2) is 3.69. The number of carbonyl (C=O) groups excluding carboxylic acids is 1. The lowest BCUT2D eigenvalue weighted by Gasteiger charge is -1.97. The molecule has 5 heteroatoms. The molecule has 0 unspecified atom stereocenters. The highest BCUT2D eigenvalue weighted by Gasteiger charge is 2.14. The number of H-pyrrole nitrogens is 1. The third kappa shape index (κ3) is 1.75. The maximum absolute atomic E-state index is 10.9. The van der Waals surface area contributed by atoms with Gasteiger partial charge in [0.2, 0.25) is 5.88 Å². The molecule has 0 spiro atoms. The fourth-order valence-corrected chi connectivity index (χ4v) is 1.46. The molecule has 4 N–H and O–H groups in total. The van der Waals surface area contributed by atoms with E-state index in [1.165, 1.54) is 0 Å². The van der Waals surface area contributed by atoms with Crippen LogP contribution < -0.4 is 5.73 Å². The van der Waals surface area contributed by atoms with Gasteiger partial charge in [-0.1, -0.05) is 23.8 Å². The van der Waals surface area contributed by atoms with Crippen molar-refractivity contribution in [2.45, 2.75) is 6.92 Å². The first-order valence-electron chi connectivity index (χ1n) is 4.73. The van der Waals surface area contributed by atoms with Crippen molar-refractivity contribution >= 4 is 5.91 Å². The Morgan fingerprint density at radius 2 is 2.25 bits per heavy atom. The summed E-state index contributed by atoms with van der Waals surface area (Å²) in [5, 5.41) is 9.39. The van der Waals surface area contributed by atoms with Crippen LogP contribution in [0.4, 0.5) is 0 Å². The molecule has 1 aromatic carbocycles. The molecule has 0 radical (unpaired) electrons. The molecular formula is C11H11N3O2. The van der Waals surface area contributed by atoms with Crippen molar-refractivity contribution in [2.24, 2.45) is 5.73 Å².